The number of nitrogens with zero attached hydrogens (tertiary/aromatic N) is 3. The van der Waals surface area contributed by atoms with Crippen molar-refractivity contribution in [3.63, 3.8) is 0 Å². The van der Waals surface area contributed by atoms with Gasteiger partial charge in [-0.25, -0.2) is 4.39 Å². The van der Waals surface area contributed by atoms with Gasteiger partial charge in [0.15, 0.2) is 0 Å². The molecule has 124 valence electrons. The Morgan fingerprint density at radius 3 is 2.96 bits per heavy atom. The molecule has 1 saturated heterocycles. The first kappa shape index (κ1) is 16.1. The molecule has 5 nitrogen and oxygen atoms in total. The van der Waals surface area contributed by atoms with Crippen LogP contribution < -0.4 is 0 Å². The third kappa shape index (κ3) is 3.95. The van der Waals surface area contributed by atoms with Crippen LogP contribution in [0.4, 0.5) is 4.39 Å². The smallest absolute Gasteiger partial charge is 0.241 e. The number of halogens is 1. The number of hydrogen-bond donors (Lipinski definition) is 1. The molecule has 0 amide bonds. The molecular weight excluding hydrogens is 297 g/mol. The molecule has 0 aliphatic carbocycles. The van der Waals surface area contributed by atoms with Gasteiger partial charge >= 0.3 is 0 Å². The van der Waals surface area contributed by atoms with Gasteiger partial charge in [-0.05, 0) is 37.9 Å². The van der Waals surface area contributed by atoms with Crippen LogP contribution in [0.2, 0.25) is 0 Å². The van der Waals surface area contributed by atoms with Crippen LogP contribution in [-0.2, 0) is 6.54 Å². The van der Waals surface area contributed by atoms with Crippen LogP contribution in [0.25, 0.3) is 11.4 Å². The zero-order valence-electron chi connectivity index (χ0n) is 13.1. The van der Waals surface area contributed by atoms with E-state index >= 15 is 0 Å². The molecule has 1 fully saturated rings. The van der Waals surface area contributed by atoms with Gasteiger partial charge in [0.05, 0.1) is 12.1 Å². The number of aliphatic hydroxyl groups excluding tert-OH is 1. The number of likely N-dealkylation sites (tertiary alicyclic amines) is 1. The zero-order valence-corrected chi connectivity index (χ0v) is 13.1. The minimum absolute atomic E-state index is 0.186. The molecule has 2 heterocycles. The standard InChI is InChI=1S/C17H22FN3O2/c18-15-8-4-3-7-14(15)17-19-16(23-20-17)12-21-10-5-1-2-6-13(21)9-11-22/h3-4,7-8,13,22H,1-2,5-6,9-12H2. The average Bonchev–Trinajstić information content (AvgIpc) is 2.90. The van der Waals surface area contributed by atoms with Gasteiger partial charge in [-0.3, -0.25) is 4.90 Å². The lowest BCUT2D eigenvalue weighted by molar-refractivity contribution is 0.137. The predicted octanol–water partition coefficient (Wildman–Crippen LogP) is 3.00. The lowest BCUT2D eigenvalue weighted by Gasteiger charge is -2.27. The summed E-state index contributed by atoms with van der Waals surface area (Å²) in [5.41, 5.74) is 0.352. The Bertz CT molecular complexity index is 632. The second-order valence-electron chi connectivity index (χ2n) is 5.98. The first-order valence-electron chi connectivity index (χ1n) is 8.20. The summed E-state index contributed by atoms with van der Waals surface area (Å²) in [5, 5.41) is 13.2. The number of hydrogen-bond acceptors (Lipinski definition) is 5. The molecule has 1 atom stereocenters. The molecule has 2 aromatic rings. The number of benzene rings is 1. The third-order valence-electron chi connectivity index (χ3n) is 4.38. The maximum Gasteiger partial charge on any atom is 0.241 e. The first-order valence-corrected chi connectivity index (χ1v) is 8.20. The molecule has 6 heteroatoms. The Hall–Kier alpha value is -1.79. The van der Waals surface area contributed by atoms with Crippen molar-refractivity contribution >= 4 is 0 Å². The quantitative estimate of drug-likeness (QED) is 0.918. The van der Waals surface area contributed by atoms with Gasteiger partial charge in [-0.2, -0.15) is 4.98 Å². The van der Waals surface area contributed by atoms with E-state index in [0.717, 1.165) is 25.8 Å². The van der Waals surface area contributed by atoms with Gasteiger partial charge in [0.2, 0.25) is 11.7 Å². The number of rotatable bonds is 5. The van der Waals surface area contributed by atoms with Gasteiger partial charge in [0.1, 0.15) is 5.82 Å². The molecule has 23 heavy (non-hydrogen) atoms. The molecule has 0 bridgehead atoms. The summed E-state index contributed by atoms with van der Waals surface area (Å²) in [7, 11) is 0. The highest BCUT2D eigenvalue weighted by Crippen LogP contribution is 2.23. The summed E-state index contributed by atoms with van der Waals surface area (Å²) >= 11 is 0. The summed E-state index contributed by atoms with van der Waals surface area (Å²) in [6, 6.07) is 6.75. The maximum absolute atomic E-state index is 13.8. The molecule has 1 unspecified atom stereocenters. The molecular formula is C17H22FN3O2. The Labute approximate surface area is 135 Å². The summed E-state index contributed by atoms with van der Waals surface area (Å²) in [5.74, 6) is 0.424. The molecule has 1 aromatic heterocycles. The minimum Gasteiger partial charge on any atom is -0.396 e. The molecule has 0 saturated carbocycles. The van der Waals surface area contributed by atoms with Crippen molar-refractivity contribution in [3.8, 4) is 11.4 Å². The van der Waals surface area contributed by atoms with Gasteiger partial charge in [-0.1, -0.05) is 30.1 Å². The summed E-state index contributed by atoms with van der Waals surface area (Å²) in [6.07, 6.45) is 5.37. The van der Waals surface area contributed by atoms with Crippen LogP contribution in [-0.4, -0.2) is 39.3 Å². The van der Waals surface area contributed by atoms with Gasteiger partial charge in [0, 0.05) is 12.6 Å². The van der Waals surface area contributed by atoms with E-state index in [2.05, 4.69) is 15.0 Å². The van der Waals surface area contributed by atoms with Crippen molar-refractivity contribution < 1.29 is 14.0 Å². The fraction of sp³-hybridized carbons (Fsp3) is 0.529. The highest BCUT2D eigenvalue weighted by atomic mass is 19.1. The second-order valence-corrected chi connectivity index (χ2v) is 5.98. The molecule has 1 aliphatic rings. The maximum atomic E-state index is 13.8. The third-order valence-corrected chi connectivity index (χ3v) is 4.38. The highest BCUT2D eigenvalue weighted by molar-refractivity contribution is 5.54. The lowest BCUT2D eigenvalue weighted by Crippen LogP contribution is -2.35. The summed E-state index contributed by atoms with van der Waals surface area (Å²) in [4.78, 5) is 6.63. The van der Waals surface area contributed by atoms with Crippen molar-refractivity contribution in [2.45, 2.75) is 44.7 Å². The Morgan fingerprint density at radius 1 is 1.26 bits per heavy atom. The van der Waals surface area contributed by atoms with E-state index in [4.69, 9.17) is 4.52 Å². The van der Waals surface area contributed by atoms with E-state index in [1.54, 1.807) is 18.2 Å². The minimum atomic E-state index is -0.354. The first-order chi connectivity index (χ1) is 11.3. The van der Waals surface area contributed by atoms with Crippen LogP contribution in [0.1, 0.15) is 38.0 Å². The lowest BCUT2D eigenvalue weighted by atomic mass is 10.1. The molecule has 1 aliphatic heterocycles. The van der Waals surface area contributed by atoms with Crippen molar-refractivity contribution in [3.05, 3.63) is 36.0 Å². The van der Waals surface area contributed by atoms with Crippen molar-refractivity contribution in [2.24, 2.45) is 0 Å². The van der Waals surface area contributed by atoms with Gasteiger partial charge < -0.3 is 9.63 Å². The van der Waals surface area contributed by atoms with Gasteiger partial charge in [-0.15, -0.1) is 0 Å². The van der Waals surface area contributed by atoms with E-state index in [1.165, 1.54) is 18.9 Å². The summed E-state index contributed by atoms with van der Waals surface area (Å²) in [6.45, 7) is 1.69. The van der Waals surface area contributed by atoms with Crippen LogP contribution in [0, 0.1) is 5.82 Å². The largest absolute Gasteiger partial charge is 0.396 e. The van der Waals surface area contributed by atoms with E-state index in [9.17, 15) is 9.50 Å². The van der Waals surface area contributed by atoms with Crippen LogP contribution in [0.5, 0.6) is 0 Å². The SMILES string of the molecule is OCCC1CCCCCN1Cc1nc(-c2ccccc2F)no1. The highest BCUT2D eigenvalue weighted by Gasteiger charge is 2.23. The summed E-state index contributed by atoms with van der Waals surface area (Å²) < 4.78 is 19.1. The van der Waals surface area contributed by atoms with E-state index in [0.29, 0.717) is 24.0 Å². The topological polar surface area (TPSA) is 62.4 Å². The molecule has 1 N–H and O–H groups in total. The van der Waals surface area contributed by atoms with E-state index < -0.39 is 0 Å². The van der Waals surface area contributed by atoms with E-state index in [-0.39, 0.29) is 18.2 Å². The van der Waals surface area contributed by atoms with E-state index in [1.807, 2.05) is 0 Å². The monoisotopic (exact) mass is 319 g/mol. The number of aromatic nitrogens is 2. The fourth-order valence-corrected chi connectivity index (χ4v) is 3.17. The van der Waals surface area contributed by atoms with Crippen LogP contribution in [0.15, 0.2) is 28.8 Å². The molecule has 0 radical (unpaired) electrons. The fourth-order valence-electron chi connectivity index (χ4n) is 3.17. The predicted molar refractivity (Wildman–Crippen MR) is 84.1 cm³/mol. The molecule has 0 spiro atoms. The van der Waals surface area contributed by atoms with Crippen molar-refractivity contribution in [1.82, 2.24) is 15.0 Å². The number of aliphatic hydroxyl groups is 1. The Morgan fingerprint density at radius 2 is 2.13 bits per heavy atom. The van der Waals surface area contributed by atoms with Crippen molar-refractivity contribution in [2.75, 3.05) is 13.2 Å². The average molecular weight is 319 g/mol. The normalized spacial score (nSPS) is 19.7. The molecule has 1 aromatic carbocycles. The van der Waals surface area contributed by atoms with Crippen LogP contribution in [0.3, 0.4) is 0 Å². The van der Waals surface area contributed by atoms with Crippen LogP contribution >= 0.6 is 0 Å². The van der Waals surface area contributed by atoms with Crippen molar-refractivity contribution in [1.29, 1.82) is 0 Å². The molecule has 3 rings (SSSR count). The zero-order chi connectivity index (χ0) is 16.1. The Kier molecular flexibility index (Phi) is 5.35. The van der Waals surface area contributed by atoms with Gasteiger partial charge in [0.25, 0.3) is 0 Å². The Balaban J connectivity index is 1.73. The second kappa shape index (κ2) is 7.66.